The first-order chi connectivity index (χ1) is 7.74. The predicted molar refractivity (Wildman–Crippen MR) is 60.6 cm³/mol. The monoisotopic (exact) mass is 239 g/mol. The molecule has 0 saturated heterocycles. The lowest BCUT2D eigenvalue weighted by atomic mass is 10.4. The second kappa shape index (κ2) is 4.80. The average Bonchev–Trinajstić information content (AvgIpc) is 2.67. The zero-order valence-corrected chi connectivity index (χ0v) is 9.08. The normalized spacial score (nSPS) is 10.3. The van der Waals surface area contributed by atoms with Crippen LogP contribution in [0, 0.1) is 0 Å². The topological polar surface area (TPSA) is 86.5 Å². The third kappa shape index (κ3) is 2.83. The molecule has 0 unspecified atom stereocenters. The van der Waals surface area contributed by atoms with Gasteiger partial charge in [-0.1, -0.05) is 11.6 Å². The SMILES string of the molecule is O=c1[nH]nc(CCNc2ccc(Cl)cn2)[nH]1. The first-order valence-electron chi connectivity index (χ1n) is 4.73. The Morgan fingerprint density at radius 3 is 2.94 bits per heavy atom. The minimum Gasteiger partial charge on any atom is -0.370 e. The Labute approximate surface area is 96.1 Å². The van der Waals surface area contributed by atoms with E-state index < -0.39 is 0 Å². The number of anilines is 1. The summed E-state index contributed by atoms with van der Waals surface area (Å²) in [5.74, 6) is 1.36. The number of rotatable bonds is 4. The van der Waals surface area contributed by atoms with Crippen LogP contribution in [0.1, 0.15) is 5.82 Å². The van der Waals surface area contributed by atoms with Crippen molar-refractivity contribution in [2.75, 3.05) is 11.9 Å². The van der Waals surface area contributed by atoms with Gasteiger partial charge in [0.2, 0.25) is 0 Å². The maximum Gasteiger partial charge on any atom is 0.340 e. The molecular formula is C9H10ClN5O. The van der Waals surface area contributed by atoms with Crippen molar-refractivity contribution in [1.82, 2.24) is 20.2 Å². The van der Waals surface area contributed by atoms with Gasteiger partial charge in [0.25, 0.3) is 0 Å². The maximum absolute atomic E-state index is 10.7. The van der Waals surface area contributed by atoms with Crippen molar-refractivity contribution in [3.63, 3.8) is 0 Å². The number of hydrogen-bond donors (Lipinski definition) is 3. The Bertz CT molecular complexity index is 503. The summed E-state index contributed by atoms with van der Waals surface area (Å²) in [5.41, 5.74) is -0.292. The lowest BCUT2D eigenvalue weighted by molar-refractivity contribution is 0.897. The molecule has 16 heavy (non-hydrogen) atoms. The number of aromatic amines is 2. The van der Waals surface area contributed by atoms with E-state index in [1.165, 1.54) is 0 Å². The van der Waals surface area contributed by atoms with Crippen LogP contribution in [0.4, 0.5) is 5.82 Å². The Balaban J connectivity index is 1.84. The van der Waals surface area contributed by atoms with Crippen LogP contribution in [0.25, 0.3) is 0 Å². The first-order valence-corrected chi connectivity index (χ1v) is 5.11. The number of nitrogens with zero attached hydrogens (tertiary/aromatic N) is 2. The minimum absolute atomic E-state index is 0.292. The van der Waals surface area contributed by atoms with Crippen LogP contribution in [0.2, 0.25) is 5.02 Å². The predicted octanol–water partition coefficient (Wildman–Crippen LogP) is 0.801. The number of pyridine rings is 1. The van der Waals surface area contributed by atoms with E-state index in [1.807, 2.05) is 0 Å². The summed E-state index contributed by atoms with van der Waals surface area (Å²) in [4.78, 5) is 17.4. The fourth-order valence-electron chi connectivity index (χ4n) is 1.21. The number of H-pyrrole nitrogens is 2. The van der Waals surface area contributed by atoms with Crippen LogP contribution in [0.5, 0.6) is 0 Å². The Morgan fingerprint density at radius 2 is 2.31 bits per heavy atom. The second-order valence-electron chi connectivity index (χ2n) is 3.16. The molecule has 0 aromatic carbocycles. The molecule has 6 nitrogen and oxygen atoms in total. The van der Waals surface area contributed by atoms with Gasteiger partial charge in [0, 0.05) is 19.2 Å². The number of nitrogens with one attached hydrogen (secondary N) is 3. The highest BCUT2D eigenvalue weighted by Crippen LogP contribution is 2.09. The summed E-state index contributed by atoms with van der Waals surface area (Å²) in [5, 5.41) is 9.77. The molecule has 2 heterocycles. The number of halogens is 1. The van der Waals surface area contributed by atoms with E-state index in [-0.39, 0.29) is 5.69 Å². The van der Waals surface area contributed by atoms with Crippen molar-refractivity contribution < 1.29 is 0 Å². The summed E-state index contributed by atoms with van der Waals surface area (Å²) in [6.45, 7) is 0.634. The molecule has 0 radical (unpaired) electrons. The van der Waals surface area contributed by atoms with Crippen molar-refractivity contribution in [3.8, 4) is 0 Å². The summed E-state index contributed by atoms with van der Waals surface area (Å²) in [6.07, 6.45) is 2.18. The van der Waals surface area contributed by atoms with E-state index in [0.717, 1.165) is 5.82 Å². The molecule has 7 heteroatoms. The van der Waals surface area contributed by atoms with Gasteiger partial charge in [-0.3, -0.25) is 4.98 Å². The molecule has 3 N–H and O–H groups in total. The highest BCUT2D eigenvalue weighted by Gasteiger charge is 1.98. The Hall–Kier alpha value is -1.82. The van der Waals surface area contributed by atoms with Crippen molar-refractivity contribution in [2.45, 2.75) is 6.42 Å². The van der Waals surface area contributed by atoms with Gasteiger partial charge in [-0.05, 0) is 12.1 Å². The van der Waals surface area contributed by atoms with Crippen molar-refractivity contribution in [3.05, 3.63) is 39.7 Å². The highest BCUT2D eigenvalue weighted by molar-refractivity contribution is 6.30. The largest absolute Gasteiger partial charge is 0.370 e. The molecule has 0 spiro atoms. The third-order valence-corrected chi connectivity index (χ3v) is 2.17. The molecule has 2 aromatic heterocycles. The van der Waals surface area contributed by atoms with E-state index >= 15 is 0 Å². The van der Waals surface area contributed by atoms with Crippen LogP contribution in [0.15, 0.2) is 23.1 Å². The first kappa shape index (κ1) is 10.7. The van der Waals surface area contributed by atoms with E-state index in [0.29, 0.717) is 23.8 Å². The summed E-state index contributed by atoms with van der Waals surface area (Å²) < 4.78 is 0. The molecule has 0 aliphatic heterocycles. The highest BCUT2D eigenvalue weighted by atomic mass is 35.5. The van der Waals surface area contributed by atoms with Crippen LogP contribution < -0.4 is 11.0 Å². The average molecular weight is 240 g/mol. The van der Waals surface area contributed by atoms with Gasteiger partial charge >= 0.3 is 5.69 Å². The molecule has 0 bridgehead atoms. The van der Waals surface area contributed by atoms with Crippen LogP contribution in [-0.2, 0) is 6.42 Å². The van der Waals surface area contributed by atoms with E-state index in [1.54, 1.807) is 18.3 Å². The van der Waals surface area contributed by atoms with Gasteiger partial charge in [0.05, 0.1) is 5.02 Å². The van der Waals surface area contributed by atoms with Gasteiger partial charge in [0.1, 0.15) is 11.6 Å². The van der Waals surface area contributed by atoms with Gasteiger partial charge in [-0.2, -0.15) is 5.10 Å². The van der Waals surface area contributed by atoms with Gasteiger partial charge in [-0.25, -0.2) is 14.9 Å². The lowest BCUT2D eigenvalue weighted by Crippen LogP contribution is -2.08. The molecule has 2 aromatic rings. The van der Waals surface area contributed by atoms with Crippen LogP contribution >= 0.6 is 11.6 Å². The summed E-state index contributed by atoms with van der Waals surface area (Å²) in [7, 11) is 0. The lowest BCUT2D eigenvalue weighted by Gasteiger charge is -2.03. The smallest absolute Gasteiger partial charge is 0.340 e. The molecule has 0 aliphatic carbocycles. The zero-order valence-electron chi connectivity index (χ0n) is 8.33. The van der Waals surface area contributed by atoms with Gasteiger partial charge in [0.15, 0.2) is 0 Å². The molecule has 0 aliphatic rings. The van der Waals surface area contributed by atoms with Crippen molar-refractivity contribution >= 4 is 17.4 Å². The quantitative estimate of drug-likeness (QED) is 0.737. The Morgan fingerprint density at radius 1 is 1.44 bits per heavy atom. The fraction of sp³-hybridized carbons (Fsp3) is 0.222. The van der Waals surface area contributed by atoms with E-state index in [2.05, 4.69) is 25.5 Å². The standard InChI is InChI=1S/C9H10ClN5O/c10-6-1-2-7(12-5-6)11-4-3-8-13-9(16)15-14-8/h1-2,5H,3-4H2,(H,11,12)(H2,13,14,15,16). The Kier molecular flexibility index (Phi) is 3.21. The summed E-state index contributed by atoms with van der Waals surface area (Å²) in [6, 6.07) is 3.54. The van der Waals surface area contributed by atoms with Crippen LogP contribution in [0.3, 0.4) is 0 Å². The second-order valence-corrected chi connectivity index (χ2v) is 3.60. The molecule has 0 saturated carbocycles. The van der Waals surface area contributed by atoms with E-state index in [9.17, 15) is 4.79 Å². The van der Waals surface area contributed by atoms with Crippen molar-refractivity contribution in [1.29, 1.82) is 0 Å². The van der Waals surface area contributed by atoms with Crippen molar-refractivity contribution in [2.24, 2.45) is 0 Å². The zero-order chi connectivity index (χ0) is 11.4. The summed E-state index contributed by atoms with van der Waals surface area (Å²) >= 11 is 5.70. The number of aromatic nitrogens is 4. The van der Waals surface area contributed by atoms with Gasteiger partial charge < -0.3 is 5.32 Å². The fourth-order valence-corrected chi connectivity index (χ4v) is 1.32. The van der Waals surface area contributed by atoms with Gasteiger partial charge in [-0.15, -0.1) is 0 Å². The third-order valence-electron chi connectivity index (χ3n) is 1.95. The molecule has 0 fully saturated rings. The molecular weight excluding hydrogens is 230 g/mol. The minimum atomic E-state index is -0.292. The molecule has 0 atom stereocenters. The molecule has 84 valence electrons. The van der Waals surface area contributed by atoms with E-state index in [4.69, 9.17) is 11.6 Å². The maximum atomic E-state index is 10.7. The van der Waals surface area contributed by atoms with Crippen LogP contribution in [-0.4, -0.2) is 26.7 Å². The molecule has 0 amide bonds. The molecule has 2 rings (SSSR count). The number of hydrogen-bond acceptors (Lipinski definition) is 4.